The summed E-state index contributed by atoms with van der Waals surface area (Å²) in [5.74, 6) is 0.694. The third-order valence-electron chi connectivity index (χ3n) is 3.46. The predicted octanol–water partition coefficient (Wildman–Crippen LogP) is 3.32. The number of ether oxygens (including phenoxy) is 1. The van der Waals surface area contributed by atoms with E-state index in [1.54, 1.807) is 6.07 Å². The number of aromatic nitrogens is 2. The lowest BCUT2D eigenvalue weighted by Crippen LogP contribution is -2.01. The number of nitrogens with zero attached hydrogens (tertiary/aromatic N) is 2. The summed E-state index contributed by atoms with van der Waals surface area (Å²) in [6.45, 7) is 2.01. The van der Waals surface area contributed by atoms with Crippen molar-refractivity contribution < 1.29 is 9.13 Å². The third-order valence-corrected chi connectivity index (χ3v) is 3.46. The largest absolute Gasteiger partial charge is 0.494 e. The standard InChI is InChI=1S/C16H16FN3O/c1-3-16-19-13-8-10(18)4-6-14(13)20(16)11-5-7-15(21-2)12(17)9-11/h4-9H,3,18H2,1-2H3. The van der Waals surface area contributed by atoms with Gasteiger partial charge in [-0.3, -0.25) is 4.57 Å². The fraction of sp³-hybridized carbons (Fsp3) is 0.188. The molecule has 0 spiro atoms. The van der Waals surface area contributed by atoms with Crippen LogP contribution in [0.15, 0.2) is 36.4 Å². The first-order valence-corrected chi connectivity index (χ1v) is 6.74. The Morgan fingerprint density at radius 2 is 2.05 bits per heavy atom. The number of nitrogens with two attached hydrogens (primary N) is 1. The van der Waals surface area contributed by atoms with Crippen molar-refractivity contribution in [1.82, 2.24) is 9.55 Å². The molecule has 1 aromatic heterocycles. The molecule has 5 heteroatoms. The molecule has 3 aromatic rings. The molecule has 0 bridgehead atoms. The van der Waals surface area contributed by atoms with E-state index >= 15 is 0 Å². The first-order valence-electron chi connectivity index (χ1n) is 6.74. The summed E-state index contributed by atoms with van der Waals surface area (Å²) >= 11 is 0. The third kappa shape index (κ3) is 2.20. The summed E-state index contributed by atoms with van der Waals surface area (Å²) in [6.07, 6.45) is 0.738. The maximum absolute atomic E-state index is 14.0. The molecule has 0 fully saturated rings. The van der Waals surface area contributed by atoms with Gasteiger partial charge < -0.3 is 10.5 Å². The Morgan fingerprint density at radius 1 is 1.24 bits per heavy atom. The first-order chi connectivity index (χ1) is 10.1. The first kappa shape index (κ1) is 13.4. The minimum atomic E-state index is -0.394. The number of hydrogen-bond acceptors (Lipinski definition) is 3. The zero-order valence-electron chi connectivity index (χ0n) is 11.9. The van der Waals surface area contributed by atoms with Gasteiger partial charge in [-0.15, -0.1) is 0 Å². The summed E-state index contributed by atoms with van der Waals surface area (Å²) in [4.78, 5) is 4.57. The molecule has 0 radical (unpaired) electrons. The summed E-state index contributed by atoms with van der Waals surface area (Å²) in [5, 5.41) is 0. The van der Waals surface area contributed by atoms with Crippen molar-refractivity contribution in [2.45, 2.75) is 13.3 Å². The number of fused-ring (bicyclic) bond motifs is 1. The Balaban J connectivity index is 2.25. The zero-order valence-corrected chi connectivity index (χ0v) is 11.9. The number of hydrogen-bond donors (Lipinski definition) is 1. The fourth-order valence-corrected chi connectivity index (χ4v) is 2.47. The number of anilines is 1. The van der Waals surface area contributed by atoms with E-state index in [2.05, 4.69) is 4.98 Å². The van der Waals surface area contributed by atoms with Crippen LogP contribution < -0.4 is 10.5 Å². The maximum atomic E-state index is 14.0. The number of methoxy groups -OCH3 is 1. The van der Waals surface area contributed by atoms with E-state index in [4.69, 9.17) is 10.5 Å². The van der Waals surface area contributed by atoms with Gasteiger partial charge in [0.2, 0.25) is 0 Å². The van der Waals surface area contributed by atoms with Gasteiger partial charge >= 0.3 is 0 Å². The van der Waals surface area contributed by atoms with Gasteiger partial charge in [0.1, 0.15) is 5.82 Å². The lowest BCUT2D eigenvalue weighted by atomic mass is 10.2. The second-order valence-electron chi connectivity index (χ2n) is 4.78. The van der Waals surface area contributed by atoms with Gasteiger partial charge in [0, 0.05) is 18.2 Å². The summed E-state index contributed by atoms with van der Waals surface area (Å²) in [6, 6.07) is 10.4. The zero-order chi connectivity index (χ0) is 15.0. The van der Waals surface area contributed by atoms with Gasteiger partial charge in [-0.2, -0.15) is 0 Å². The lowest BCUT2D eigenvalue weighted by molar-refractivity contribution is 0.386. The van der Waals surface area contributed by atoms with Gasteiger partial charge in [0.05, 0.1) is 23.8 Å². The van der Waals surface area contributed by atoms with Gasteiger partial charge in [-0.25, -0.2) is 9.37 Å². The number of halogens is 1. The maximum Gasteiger partial charge on any atom is 0.167 e. The van der Waals surface area contributed by atoms with E-state index in [1.165, 1.54) is 13.2 Å². The van der Waals surface area contributed by atoms with Crippen molar-refractivity contribution >= 4 is 16.7 Å². The average molecular weight is 285 g/mol. The highest BCUT2D eigenvalue weighted by Crippen LogP contribution is 2.26. The molecular weight excluding hydrogens is 269 g/mol. The quantitative estimate of drug-likeness (QED) is 0.751. The second kappa shape index (κ2) is 5.09. The monoisotopic (exact) mass is 285 g/mol. The number of rotatable bonds is 3. The van der Waals surface area contributed by atoms with Crippen LogP contribution in [0.1, 0.15) is 12.7 Å². The highest BCUT2D eigenvalue weighted by atomic mass is 19.1. The SMILES string of the molecule is CCc1nc2cc(N)ccc2n1-c1ccc(OC)c(F)c1. The van der Waals surface area contributed by atoms with Crippen LogP contribution in [0.4, 0.5) is 10.1 Å². The van der Waals surface area contributed by atoms with Crippen LogP contribution in [-0.2, 0) is 6.42 Å². The van der Waals surface area contributed by atoms with Crippen LogP contribution in [0.25, 0.3) is 16.7 Å². The minimum absolute atomic E-state index is 0.227. The molecule has 0 unspecified atom stereocenters. The van der Waals surface area contributed by atoms with Crippen LogP contribution in [0.2, 0.25) is 0 Å². The molecule has 0 aliphatic rings. The average Bonchev–Trinajstić information content (AvgIpc) is 2.84. The molecular formula is C16H16FN3O. The van der Waals surface area contributed by atoms with Crippen molar-refractivity contribution in [3.8, 4) is 11.4 Å². The Labute approximate surface area is 122 Å². The van der Waals surface area contributed by atoms with Crippen LogP contribution in [0.5, 0.6) is 5.75 Å². The molecule has 108 valence electrons. The molecule has 21 heavy (non-hydrogen) atoms. The van der Waals surface area contributed by atoms with E-state index in [9.17, 15) is 4.39 Å². The van der Waals surface area contributed by atoms with Gasteiger partial charge in [0.15, 0.2) is 11.6 Å². The number of benzene rings is 2. The molecule has 0 atom stereocenters. The Morgan fingerprint density at radius 3 is 2.71 bits per heavy atom. The number of nitrogen functional groups attached to an aromatic ring is 1. The van der Waals surface area contributed by atoms with Crippen LogP contribution in [0, 0.1) is 5.82 Å². The van der Waals surface area contributed by atoms with E-state index in [1.807, 2.05) is 35.8 Å². The molecule has 4 nitrogen and oxygen atoms in total. The predicted molar refractivity (Wildman–Crippen MR) is 81.4 cm³/mol. The highest BCUT2D eigenvalue weighted by Gasteiger charge is 2.13. The topological polar surface area (TPSA) is 53.1 Å². The molecule has 0 saturated heterocycles. The Kier molecular flexibility index (Phi) is 3.25. The molecule has 1 heterocycles. The normalized spacial score (nSPS) is 11.0. The van der Waals surface area contributed by atoms with Crippen molar-refractivity contribution in [3.05, 3.63) is 48.0 Å². The number of imidazole rings is 1. The summed E-state index contributed by atoms with van der Waals surface area (Å²) in [5.41, 5.74) is 8.90. The van der Waals surface area contributed by atoms with Crippen molar-refractivity contribution in [1.29, 1.82) is 0 Å². The van der Waals surface area contributed by atoms with Crippen molar-refractivity contribution in [3.63, 3.8) is 0 Å². The van der Waals surface area contributed by atoms with Crippen LogP contribution in [0.3, 0.4) is 0 Å². The number of aryl methyl sites for hydroxylation is 1. The van der Waals surface area contributed by atoms with Gasteiger partial charge in [-0.05, 0) is 30.3 Å². The molecule has 3 rings (SSSR count). The van der Waals surface area contributed by atoms with Crippen molar-refractivity contribution in [2.24, 2.45) is 0 Å². The summed E-state index contributed by atoms with van der Waals surface area (Å²) in [7, 11) is 1.45. The molecule has 0 saturated carbocycles. The van der Waals surface area contributed by atoms with Crippen LogP contribution >= 0.6 is 0 Å². The minimum Gasteiger partial charge on any atom is -0.494 e. The highest BCUT2D eigenvalue weighted by molar-refractivity contribution is 5.81. The second-order valence-corrected chi connectivity index (χ2v) is 4.78. The molecule has 0 amide bonds. The van der Waals surface area contributed by atoms with Crippen molar-refractivity contribution in [2.75, 3.05) is 12.8 Å². The summed E-state index contributed by atoms with van der Waals surface area (Å²) < 4.78 is 20.9. The Bertz CT molecular complexity index is 811. The molecule has 2 aromatic carbocycles. The fourth-order valence-electron chi connectivity index (χ4n) is 2.47. The molecule has 0 aliphatic heterocycles. The van der Waals surface area contributed by atoms with E-state index in [-0.39, 0.29) is 5.75 Å². The van der Waals surface area contributed by atoms with E-state index < -0.39 is 5.82 Å². The van der Waals surface area contributed by atoms with E-state index in [0.29, 0.717) is 5.69 Å². The molecule has 2 N–H and O–H groups in total. The molecule has 0 aliphatic carbocycles. The Hall–Kier alpha value is -2.56. The van der Waals surface area contributed by atoms with Gasteiger partial charge in [0.25, 0.3) is 0 Å². The van der Waals surface area contributed by atoms with E-state index in [0.717, 1.165) is 29.0 Å². The van der Waals surface area contributed by atoms with Gasteiger partial charge in [-0.1, -0.05) is 6.92 Å². The van der Waals surface area contributed by atoms with Crippen LogP contribution in [-0.4, -0.2) is 16.7 Å². The smallest absolute Gasteiger partial charge is 0.167 e. The lowest BCUT2D eigenvalue weighted by Gasteiger charge is -2.10.